The molecule has 1 atom stereocenters. The Kier molecular flexibility index (Phi) is 9.52. The van der Waals surface area contributed by atoms with Gasteiger partial charge in [-0.2, -0.15) is 0 Å². The Balaban J connectivity index is 1.76. The zero-order chi connectivity index (χ0) is 24.3. The van der Waals surface area contributed by atoms with E-state index in [1.54, 1.807) is 29.4 Å². The highest BCUT2D eigenvalue weighted by atomic mass is 32.1. The fraction of sp³-hybridized carbons (Fsp3) is 0.333. The van der Waals surface area contributed by atoms with Gasteiger partial charge >= 0.3 is 6.03 Å². The van der Waals surface area contributed by atoms with E-state index in [1.165, 1.54) is 0 Å². The first kappa shape index (κ1) is 25.3. The molecule has 1 unspecified atom stereocenters. The number of urea groups is 1. The maximum atomic E-state index is 13.5. The lowest BCUT2D eigenvalue weighted by Crippen LogP contribution is -2.45. The Hall–Kier alpha value is -3.32. The molecule has 0 fully saturated rings. The largest absolute Gasteiger partial charge is 0.497 e. The van der Waals surface area contributed by atoms with E-state index in [0.29, 0.717) is 31.1 Å². The van der Waals surface area contributed by atoms with E-state index in [1.807, 2.05) is 70.9 Å². The van der Waals surface area contributed by atoms with Gasteiger partial charge in [0.05, 0.1) is 13.7 Å². The molecular weight excluding hydrogens is 446 g/mol. The van der Waals surface area contributed by atoms with Gasteiger partial charge in [0.15, 0.2) is 0 Å². The van der Waals surface area contributed by atoms with Crippen LogP contribution in [0, 0.1) is 5.92 Å². The van der Waals surface area contributed by atoms with Crippen LogP contribution in [0.15, 0.2) is 72.1 Å². The van der Waals surface area contributed by atoms with Crippen LogP contribution < -0.4 is 10.1 Å². The van der Waals surface area contributed by atoms with Crippen LogP contribution in [0.1, 0.15) is 30.7 Å². The second-order valence-electron chi connectivity index (χ2n) is 8.37. The van der Waals surface area contributed by atoms with E-state index in [0.717, 1.165) is 16.9 Å². The topological polar surface area (TPSA) is 61.9 Å². The smallest absolute Gasteiger partial charge is 0.322 e. The van der Waals surface area contributed by atoms with Crippen molar-refractivity contribution in [2.45, 2.75) is 33.4 Å². The van der Waals surface area contributed by atoms with E-state index >= 15 is 0 Å². The number of ether oxygens (including phenoxy) is 1. The summed E-state index contributed by atoms with van der Waals surface area (Å²) in [6, 6.07) is 20.9. The number of carbonyl (C=O) groups is 2. The van der Waals surface area contributed by atoms with Crippen molar-refractivity contribution in [1.29, 1.82) is 0 Å². The number of amides is 3. The van der Waals surface area contributed by atoms with Crippen LogP contribution in [0.25, 0.3) is 0 Å². The number of nitrogens with zero attached hydrogens (tertiary/aromatic N) is 2. The molecular formula is C27H33N3O3S. The normalized spacial score (nSPS) is 11.5. The van der Waals surface area contributed by atoms with Crippen LogP contribution in [0.4, 0.5) is 10.5 Å². The van der Waals surface area contributed by atoms with E-state index in [4.69, 9.17) is 4.74 Å². The van der Waals surface area contributed by atoms with Gasteiger partial charge in [-0.15, -0.1) is 11.3 Å². The number of hydrogen-bond acceptors (Lipinski definition) is 4. The first-order valence-corrected chi connectivity index (χ1v) is 12.4. The summed E-state index contributed by atoms with van der Waals surface area (Å²) in [5, 5.41) is 4.94. The molecule has 180 valence electrons. The van der Waals surface area contributed by atoms with Crippen LogP contribution in [0.2, 0.25) is 0 Å². The molecule has 0 saturated heterocycles. The highest BCUT2D eigenvalue weighted by molar-refractivity contribution is 7.09. The first-order valence-electron chi connectivity index (χ1n) is 11.5. The molecule has 34 heavy (non-hydrogen) atoms. The average Bonchev–Trinajstić information content (AvgIpc) is 3.37. The van der Waals surface area contributed by atoms with Gasteiger partial charge in [0.1, 0.15) is 12.3 Å². The van der Waals surface area contributed by atoms with Crippen LogP contribution in [0.3, 0.4) is 0 Å². The third-order valence-corrected chi connectivity index (χ3v) is 6.52. The predicted molar refractivity (Wildman–Crippen MR) is 138 cm³/mol. The summed E-state index contributed by atoms with van der Waals surface area (Å²) in [5.74, 6) is 0.845. The van der Waals surface area contributed by atoms with Crippen molar-refractivity contribution in [2.75, 3.05) is 25.5 Å². The summed E-state index contributed by atoms with van der Waals surface area (Å²) in [7, 11) is 1.59. The van der Waals surface area contributed by atoms with E-state index in [-0.39, 0.29) is 24.4 Å². The molecule has 3 rings (SSSR count). The third kappa shape index (κ3) is 7.63. The zero-order valence-electron chi connectivity index (χ0n) is 20.1. The summed E-state index contributed by atoms with van der Waals surface area (Å²) in [5.41, 5.74) is 1.69. The number of anilines is 1. The van der Waals surface area contributed by atoms with Gasteiger partial charge in [0, 0.05) is 29.7 Å². The number of carbonyl (C=O) groups excluding carboxylic acids is 2. The van der Waals surface area contributed by atoms with Crippen LogP contribution in [-0.4, -0.2) is 41.9 Å². The second kappa shape index (κ2) is 12.8. The molecule has 0 aliphatic heterocycles. The fourth-order valence-electron chi connectivity index (χ4n) is 3.52. The molecule has 0 bridgehead atoms. The van der Waals surface area contributed by atoms with Gasteiger partial charge in [-0.3, -0.25) is 4.79 Å². The number of nitrogens with one attached hydrogen (secondary N) is 1. The summed E-state index contributed by atoms with van der Waals surface area (Å²) >= 11 is 1.63. The van der Waals surface area contributed by atoms with Gasteiger partial charge in [-0.25, -0.2) is 4.79 Å². The Morgan fingerprint density at radius 1 is 1.00 bits per heavy atom. The van der Waals surface area contributed by atoms with Gasteiger partial charge < -0.3 is 19.9 Å². The zero-order valence-corrected chi connectivity index (χ0v) is 20.9. The monoisotopic (exact) mass is 479 g/mol. The predicted octanol–water partition coefficient (Wildman–Crippen LogP) is 5.87. The summed E-state index contributed by atoms with van der Waals surface area (Å²) in [6.45, 7) is 5.69. The lowest BCUT2D eigenvalue weighted by molar-refractivity contribution is -0.133. The van der Waals surface area contributed by atoms with Crippen molar-refractivity contribution in [3.63, 3.8) is 0 Å². The SMILES string of the molecule is CCC(C)CN(CC(=O)N(Cc1ccccc1)Cc1cccs1)C(=O)Nc1cccc(OC)c1. The van der Waals surface area contributed by atoms with E-state index < -0.39 is 0 Å². The lowest BCUT2D eigenvalue weighted by Gasteiger charge is -2.29. The van der Waals surface area contributed by atoms with Gasteiger partial charge in [0.2, 0.25) is 5.91 Å². The fourth-order valence-corrected chi connectivity index (χ4v) is 4.24. The Morgan fingerprint density at radius 3 is 2.47 bits per heavy atom. The highest BCUT2D eigenvalue weighted by Gasteiger charge is 2.23. The summed E-state index contributed by atoms with van der Waals surface area (Å²) < 4.78 is 5.26. The van der Waals surface area contributed by atoms with E-state index in [2.05, 4.69) is 19.2 Å². The standard InChI is InChI=1S/C27H33N3O3S/c1-4-21(2)17-30(27(32)28-23-12-8-13-24(16-23)33-3)20-26(31)29(19-25-14-9-15-34-25)18-22-10-6-5-7-11-22/h5-16,21H,4,17-20H2,1-3H3,(H,28,32). The molecule has 1 aromatic heterocycles. The molecule has 1 N–H and O–H groups in total. The van der Waals surface area contributed by atoms with E-state index in [9.17, 15) is 9.59 Å². The molecule has 0 saturated carbocycles. The number of thiophene rings is 1. The van der Waals surface area contributed by atoms with Crippen molar-refractivity contribution < 1.29 is 14.3 Å². The Morgan fingerprint density at radius 2 is 1.79 bits per heavy atom. The summed E-state index contributed by atoms with van der Waals surface area (Å²) in [4.78, 5) is 31.2. The van der Waals surface area contributed by atoms with Gasteiger partial charge in [0.25, 0.3) is 0 Å². The van der Waals surface area contributed by atoms with Crippen molar-refractivity contribution in [3.05, 3.63) is 82.6 Å². The molecule has 0 aliphatic rings. The number of hydrogen-bond donors (Lipinski definition) is 1. The van der Waals surface area contributed by atoms with Crippen LogP contribution in [-0.2, 0) is 17.9 Å². The number of benzene rings is 2. The Bertz CT molecular complexity index is 1040. The quantitative estimate of drug-likeness (QED) is 0.374. The van der Waals surface area contributed by atoms with Crippen molar-refractivity contribution in [3.8, 4) is 5.75 Å². The molecule has 7 heteroatoms. The average molecular weight is 480 g/mol. The van der Waals surface area contributed by atoms with Crippen molar-refractivity contribution in [2.24, 2.45) is 5.92 Å². The molecule has 0 radical (unpaired) electrons. The first-order chi connectivity index (χ1) is 16.5. The molecule has 3 amide bonds. The highest BCUT2D eigenvalue weighted by Crippen LogP contribution is 2.19. The maximum Gasteiger partial charge on any atom is 0.322 e. The van der Waals surface area contributed by atoms with Crippen LogP contribution in [0.5, 0.6) is 5.75 Å². The molecule has 6 nitrogen and oxygen atoms in total. The van der Waals surface area contributed by atoms with Gasteiger partial charge in [-0.05, 0) is 35.1 Å². The summed E-state index contributed by atoms with van der Waals surface area (Å²) in [6.07, 6.45) is 0.917. The number of methoxy groups -OCH3 is 1. The Labute approximate surface area is 206 Å². The number of rotatable bonds is 11. The van der Waals surface area contributed by atoms with Crippen molar-refractivity contribution in [1.82, 2.24) is 9.80 Å². The minimum atomic E-state index is -0.294. The molecule has 0 aliphatic carbocycles. The molecule has 3 aromatic rings. The lowest BCUT2D eigenvalue weighted by atomic mass is 10.1. The third-order valence-electron chi connectivity index (χ3n) is 5.66. The molecule has 1 heterocycles. The van der Waals surface area contributed by atoms with Gasteiger partial charge in [-0.1, -0.05) is 62.7 Å². The molecule has 0 spiro atoms. The minimum Gasteiger partial charge on any atom is -0.497 e. The minimum absolute atomic E-state index is 0.0123. The second-order valence-corrected chi connectivity index (χ2v) is 9.40. The molecule has 2 aromatic carbocycles. The maximum absolute atomic E-state index is 13.5. The van der Waals surface area contributed by atoms with Crippen LogP contribution >= 0.6 is 11.3 Å². The van der Waals surface area contributed by atoms with Crippen molar-refractivity contribution >= 4 is 29.0 Å².